The third-order valence-corrected chi connectivity index (χ3v) is 7.43. The Morgan fingerprint density at radius 1 is 1.26 bits per heavy atom. The van der Waals surface area contributed by atoms with Crippen LogP contribution >= 0.6 is 11.3 Å². The van der Waals surface area contributed by atoms with Gasteiger partial charge < -0.3 is 14.5 Å². The van der Waals surface area contributed by atoms with Crippen LogP contribution in [0.15, 0.2) is 24.3 Å². The number of hydrogen-bond donors (Lipinski definition) is 0. The van der Waals surface area contributed by atoms with Gasteiger partial charge in [-0.25, -0.2) is 18.7 Å². The molecule has 7 nitrogen and oxygen atoms in total. The third-order valence-electron chi connectivity index (χ3n) is 6.46. The van der Waals surface area contributed by atoms with Gasteiger partial charge in [0.25, 0.3) is 0 Å². The van der Waals surface area contributed by atoms with Gasteiger partial charge in [-0.2, -0.15) is 0 Å². The number of ether oxygens (including phenoxy) is 1. The molecule has 1 aliphatic heterocycles. The van der Waals surface area contributed by atoms with Crippen LogP contribution in [0.5, 0.6) is 0 Å². The molecule has 0 bridgehead atoms. The number of amides is 1. The van der Waals surface area contributed by atoms with Gasteiger partial charge in [0.1, 0.15) is 11.4 Å². The minimum Gasteiger partial charge on any atom is -0.443 e. The molecule has 3 aromatic rings. The number of halogens is 1. The largest absolute Gasteiger partial charge is 0.443 e. The maximum atomic E-state index is 13.3. The predicted octanol–water partition coefficient (Wildman–Crippen LogP) is 4.22. The van der Waals surface area contributed by atoms with E-state index in [2.05, 4.69) is 18.7 Å². The summed E-state index contributed by atoms with van der Waals surface area (Å²) in [6, 6.07) is 6.41. The van der Waals surface area contributed by atoms with Crippen LogP contribution in [0.1, 0.15) is 32.9 Å². The lowest BCUT2D eigenvalue weighted by Crippen LogP contribution is -2.49. The van der Waals surface area contributed by atoms with E-state index in [1.54, 1.807) is 17.0 Å². The zero-order valence-electron chi connectivity index (χ0n) is 18.0. The zero-order chi connectivity index (χ0) is 21.8. The van der Waals surface area contributed by atoms with E-state index in [1.165, 1.54) is 23.5 Å². The van der Waals surface area contributed by atoms with Crippen molar-refractivity contribution < 1.29 is 13.9 Å². The second-order valence-corrected chi connectivity index (χ2v) is 9.54. The summed E-state index contributed by atoms with van der Waals surface area (Å²) < 4.78 is 20.9. The number of hydrogen-bond acceptors (Lipinski definition) is 6. The van der Waals surface area contributed by atoms with E-state index in [0.717, 1.165) is 39.9 Å². The van der Waals surface area contributed by atoms with Crippen LogP contribution < -0.4 is 4.90 Å². The van der Waals surface area contributed by atoms with Gasteiger partial charge in [0, 0.05) is 31.7 Å². The van der Waals surface area contributed by atoms with Crippen molar-refractivity contribution in [1.29, 1.82) is 0 Å². The average molecular weight is 444 g/mol. The van der Waals surface area contributed by atoms with Crippen LogP contribution in [0.4, 0.5) is 14.3 Å². The molecule has 2 fully saturated rings. The monoisotopic (exact) mass is 443 g/mol. The van der Waals surface area contributed by atoms with E-state index in [4.69, 9.17) is 14.8 Å². The first-order valence-corrected chi connectivity index (χ1v) is 11.6. The fourth-order valence-corrected chi connectivity index (χ4v) is 5.07. The molecule has 1 saturated carbocycles. The van der Waals surface area contributed by atoms with Gasteiger partial charge in [-0.3, -0.25) is 0 Å². The van der Waals surface area contributed by atoms with Gasteiger partial charge in [-0.1, -0.05) is 25.2 Å². The highest BCUT2D eigenvalue weighted by atomic mass is 32.1. The van der Waals surface area contributed by atoms with Gasteiger partial charge in [0.15, 0.2) is 0 Å². The zero-order valence-corrected chi connectivity index (χ0v) is 18.8. The topological polar surface area (TPSA) is 63.0 Å². The summed E-state index contributed by atoms with van der Waals surface area (Å²) in [7, 11) is 0. The summed E-state index contributed by atoms with van der Waals surface area (Å²) in [5.41, 5.74) is 2.47. The standard InChI is InChI=1S/C22H26FN5O2S/c1-4-17-18(15-5-7-16(23)8-6-15)24-19-28(17)25-20(31-19)26-9-11-27(12-10-26)21(29)30-22(3)13-14(22)2/h5-8,14H,4,9-13H2,1-3H3. The van der Waals surface area contributed by atoms with Gasteiger partial charge >= 0.3 is 6.09 Å². The second-order valence-electron chi connectivity index (χ2n) is 8.61. The molecule has 1 aromatic carbocycles. The van der Waals surface area contributed by atoms with E-state index in [1.807, 2.05) is 11.4 Å². The Bertz CT molecular complexity index is 1120. The minimum atomic E-state index is -0.284. The van der Waals surface area contributed by atoms with Crippen molar-refractivity contribution in [2.45, 2.75) is 39.2 Å². The Kier molecular flexibility index (Phi) is 4.88. The van der Waals surface area contributed by atoms with Crippen molar-refractivity contribution in [3.05, 3.63) is 35.8 Å². The van der Waals surface area contributed by atoms with E-state index >= 15 is 0 Å². The maximum Gasteiger partial charge on any atom is 0.410 e. The smallest absolute Gasteiger partial charge is 0.410 e. The van der Waals surface area contributed by atoms with Crippen LogP contribution in [0, 0.1) is 11.7 Å². The number of piperazine rings is 1. The third kappa shape index (κ3) is 3.64. The molecular weight excluding hydrogens is 417 g/mol. The van der Waals surface area contributed by atoms with Crippen LogP contribution in [0.2, 0.25) is 0 Å². The molecule has 2 unspecified atom stereocenters. The summed E-state index contributed by atoms with van der Waals surface area (Å²) in [6.07, 6.45) is 1.50. The van der Waals surface area contributed by atoms with E-state index < -0.39 is 0 Å². The fourth-order valence-electron chi connectivity index (χ4n) is 4.10. The molecule has 164 valence electrons. The molecule has 2 atom stereocenters. The van der Waals surface area contributed by atoms with Crippen molar-refractivity contribution in [2.24, 2.45) is 5.92 Å². The first kappa shape index (κ1) is 20.2. The van der Waals surface area contributed by atoms with Crippen LogP contribution in [-0.2, 0) is 11.2 Å². The second kappa shape index (κ2) is 7.47. The van der Waals surface area contributed by atoms with Gasteiger partial charge in [0.05, 0.1) is 11.4 Å². The van der Waals surface area contributed by atoms with Crippen molar-refractivity contribution in [3.8, 4) is 11.3 Å². The van der Waals surface area contributed by atoms with Crippen molar-refractivity contribution >= 4 is 27.5 Å². The highest BCUT2D eigenvalue weighted by Gasteiger charge is 2.51. The number of benzene rings is 1. The number of nitrogens with zero attached hydrogens (tertiary/aromatic N) is 5. The molecule has 0 radical (unpaired) electrons. The Labute approximate surface area is 184 Å². The number of fused-ring (bicyclic) bond motifs is 1. The number of anilines is 1. The van der Waals surface area contributed by atoms with Crippen molar-refractivity contribution in [3.63, 3.8) is 0 Å². The molecule has 2 aromatic heterocycles. The molecule has 1 amide bonds. The van der Waals surface area contributed by atoms with Crippen molar-refractivity contribution in [1.82, 2.24) is 19.5 Å². The SMILES string of the molecule is CCc1c(-c2ccc(F)cc2)nc2sc(N3CCN(C(=O)OC4(C)CC4C)CC3)nn12. The first-order valence-electron chi connectivity index (χ1n) is 10.7. The summed E-state index contributed by atoms with van der Waals surface area (Å²) >= 11 is 1.54. The van der Waals surface area contributed by atoms with E-state index in [0.29, 0.717) is 32.1 Å². The molecule has 9 heteroatoms. The van der Waals surface area contributed by atoms with Crippen molar-refractivity contribution in [2.75, 3.05) is 31.1 Å². The molecule has 1 saturated heterocycles. The Hall–Kier alpha value is -2.68. The molecule has 3 heterocycles. The van der Waals surface area contributed by atoms with E-state index in [9.17, 15) is 9.18 Å². The van der Waals surface area contributed by atoms with Gasteiger partial charge in [-0.15, -0.1) is 5.10 Å². The summed E-state index contributed by atoms with van der Waals surface area (Å²) in [4.78, 5) is 22.0. The lowest BCUT2D eigenvalue weighted by Gasteiger charge is -2.34. The molecule has 0 spiro atoms. The highest BCUT2D eigenvalue weighted by Crippen LogP contribution is 2.46. The lowest BCUT2D eigenvalue weighted by atomic mass is 10.1. The average Bonchev–Trinajstić information content (AvgIpc) is 3.08. The number of carbonyl (C=O) groups excluding carboxylic acids is 1. The van der Waals surface area contributed by atoms with Crippen LogP contribution in [-0.4, -0.2) is 57.4 Å². The number of aryl methyl sites for hydroxylation is 1. The first-order chi connectivity index (χ1) is 14.9. The van der Waals surface area contributed by atoms with Crippen LogP contribution in [0.25, 0.3) is 16.2 Å². The van der Waals surface area contributed by atoms with Gasteiger partial charge in [-0.05, 0) is 49.9 Å². The highest BCUT2D eigenvalue weighted by molar-refractivity contribution is 7.20. The van der Waals surface area contributed by atoms with Gasteiger partial charge in [0.2, 0.25) is 10.1 Å². The Balaban J connectivity index is 1.30. The number of imidazole rings is 1. The molecule has 5 rings (SSSR count). The van der Waals surface area contributed by atoms with Crippen LogP contribution in [0.3, 0.4) is 0 Å². The van der Waals surface area contributed by atoms with E-state index in [-0.39, 0.29) is 17.5 Å². The summed E-state index contributed by atoms with van der Waals surface area (Å²) in [5, 5.41) is 5.71. The Morgan fingerprint density at radius 3 is 2.55 bits per heavy atom. The lowest BCUT2D eigenvalue weighted by molar-refractivity contribution is 0.0505. The molecule has 0 N–H and O–H groups in total. The predicted molar refractivity (Wildman–Crippen MR) is 118 cm³/mol. The summed E-state index contributed by atoms with van der Waals surface area (Å²) in [6.45, 7) is 8.84. The molecule has 1 aliphatic carbocycles. The quantitative estimate of drug-likeness (QED) is 0.604. The molecule has 2 aliphatic rings. The fraction of sp³-hybridized carbons (Fsp3) is 0.500. The number of aromatic nitrogens is 3. The number of carbonyl (C=O) groups is 1. The number of rotatable bonds is 4. The molecule has 31 heavy (non-hydrogen) atoms. The Morgan fingerprint density at radius 2 is 1.94 bits per heavy atom. The summed E-state index contributed by atoms with van der Waals surface area (Å²) in [5.74, 6) is 0.184. The minimum absolute atomic E-state index is 0.211. The maximum absolute atomic E-state index is 13.3. The molecular formula is C22H26FN5O2S. The normalized spacial score (nSPS) is 23.4.